The van der Waals surface area contributed by atoms with Gasteiger partial charge in [-0.05, 0) is 24.3 Å². The number of rotatable bonds is 0. The zero-order valence-corrected chi connectivity index (χ0v) is 8.94. The van der Waals surface area contributed by atoms with Crippen molar-refractivity contribution in [3.8, 4) is 0 Å². The summed E-state index contributed by atoms with van der Waals surface area (Å²) in [7, 11) is 0. The molecule has 84 valence electrons. The van der Waals surface area contributed by atoms with Crippen molar-refractivity contribution in [2.45, 2.75) is 0 Å². The Bertz CT molecular complexity index is 952. The summed E-state index contributed by atoms with van der Waals surface area (Å²) in [5, 5.41) is 1.84. The summed E-state index contributed by atoms with van der Waals surface area (Å²) in [4.78, 5) is 47.5. The van der Waals surface area contributed by atoms with E-state index in [9.17, 15) is 19.2 Å². The smallest absolute Gasteiger partial charge is 0.234 e. The van der Waals surface area contributed by atoms with Crippen molar-refractivity contribution in [2.75, 3.05) is 0 Å². The average molecular weight is 236 g/mol. The van der Waals surface area contributed by atoms with Crippen LogP contribution in [0.4, 0.5) is 0 Å². The molecular formula is C14H4O4. The Labute approximate surface area is 98.1 Å². The molecule has 0 unspecified atom stereocenters. The first-order chi connectivity index (χ1) is 8.61. The van der Waals surface area contributed by atoms with Crippen LogP contribution in [0.25, 0.3) is 32.3 Å². The molecule has 0 saturated carbocycles. The van der Waals surface area contributed by atoms with Crippen molar-refractivity contribution in [3.63, 3.8) is 0 Å². The lowest BCUT2D eigenvalue weighted by atomic mass is 10.0. The van der Waals surface area contributed by atoms with Gasteiger partial charge in [-0.25, -0.2) is 0 Å². The monoisotopic (exact) mass is 236 g/mol. The van der Waals surface area contributed by atoms with Gasteiger partial charge in [0, 0.05) is 32.3 Å². The van der Waals surface area contributed by atoms with E-state index in [1.165, 1.54) is 24.3 Å². The maximum atomic E-state index is 11.9. The van der Waals surface area contributed by atoms with Crippen molar-refractivity contribution in [1.82, 2.24) is 0 Å². The summed E-state index contributed by atoms with van der Waals surface area (Å²) < 4.78 is 0. The zero-order chi connectivity index (χ0) is 12.6. The van der Waals surface area contributed by atoms with E-state index in [4.69, 9.17) is 0 Å². The molecule has 0 bridgehead atoms. The Morgan fingerprint density at radius 3 is 0.889 bits per heavy atom. The third-order valence-corrected chi connectivity index (χ3v) is 3.55. The summed E-state index contributed by atoms with van der Waals surface area (Å²) in [6.45, 7) is 0. The van der Waals surface area contributed by atoms with E-state index in [0.29, 0.717) is 10.8 Å². The highest BCUT2D eigenvalue weighted by atomic mass is 16.2. The average Bonchev–Trinajstić information content (AvgIpc) is 2.96. The molecule has 0 N–H and O–H groups in total. The lowest BCUT2D eigenvalue weighted by molar-refractivity contribution is 1.62. The minimum atomic E-state index is -0.608. The zero-order valence-electron chi connectivity index (χ0n) is 8.94. The van der Waals surface area contributed by atoms with Crippen LogP contribution < -0.4 is 21.7 Å². The van der Waals surface area contributed by atoms with Crippen LogP contribution >= 0.6 is 0 Å². The quantitative estimate of drug-likeness (QED) is 0.413. The standard InChI is InChI=1S/C14H4O4/c15-11-5-1-2-6-9(5)10-7(13(11)17)3-4-8(10)14(18)12(6)16/h1-4H. The third kappa shape index (κ3) is 0.777. The van der Waals surface area contributed by atoms with E-state index in [1.807, 2.05) is 0 Å². The second-order valence-electron chi connectivity index (χ2n) is 4.39. The molecule has 0 atom stereocenters. The highest BCUT2D eigenvalue weighted by Gasteiger charge is 2.20. The van der Waals surface area contributed by atoms with E-state index in [1.54, 1.807) is 0 Å². The Hall–Kier alpha value is -2.62. The van der Waals surface area contributed by atoms with Gasteiger partial charge in [0.15, 0.2) is 0 Å². The van der Waals surface area contributed by atoms with Crippen molar-refractivity contribution < 1.29 is 0 Å². The van der Waals surface area contributed by atoms with Gasteiger partial charge in [-0.2, -0.15) is 0 Å². The molecule has 4 aromatic rings. The molecule has 0 aliphatic heterocycles. The highest BCUT2D eigenvalue weighted by Crippen LogP contribution is 2.29. The molecule has 0 aromatic heterocycles. The van der Waals surface area contributed by atoms with E-state index in [0.717, 1.165) is 0 Å². The predicted octanol–water partition coefficient (Wildman–Crippen LogP) is 0.338. The maximum absolute atomic E-state index is 11.9. The Kier molecular flexibility index (Phi) is 1.37. The number of benzene rings is 2. The molecule has 0 heterocycles. The molecule has 4 heteroatoms. The first-order valence-corrected chi connectivity index (χ1v) is 5.39. The summed E-state index contributed by atoms with van der Waals surface area (Å²) in [6.07, 6.45) is 0. The topological polar surface area (TPSA) is 68.3 Å². The molecule has 0 saturated heterocycles. The van der Waals surface area contributed by atoms with Crippen molar-refractivity contribution in [2.24, 2.45) is 0 Å². The molecule has 18 heavy (non-hydrogen) atoms. The Morgan fingerprint density at radius 2 is 0.667 bits per heavy atom. The van der Waals surface area contributed by atoms with E-state index < -0.39 is 21.7 Å². The second kappa shape index (κ2) is 2.61. The lowest BCUT2D eigenvalue weighted by Crippen LogP contribution is -2.26. The number of hydrogen-bond acceptors (Lipinski definition) is 4. The first-order valence-electron chi connectivity index (χ1n) is 5.39. The molecule has 0 spiro atoms. The molecule has 4 aromatic carbocycles. The highest BCUT2D eigenvalue weighted by molar-refractivity contribution is 6.24. The minimum absolute atomic E-state index is 0.232. The van der Waals surface area contributed by atoms with Crippen molar-refractivity contribution in [1.29, 1.82) is 0 Å². The van der Waals surface area contributed by atoms with E-state index in [-0.39, 0.29) is 21.5 Å². The molecule has 4 nitrogen and oxygen atoms in total. The van der Waals surface area contributed by atoms with E-state index >= 15 is 0 Å². The molecule has 0 aliphatic carbocycles. The van der Waals surface area contributed by atoms with E-state index in [2.05, 4.69) is 0 Å². The fraction of sp³-hybridized carbons (Fsp3) is 0. The molecule has 4 rings (SSSR count). The second-order valence-corrected chi connectivity index (χ2v) is 4.39. The fourth-order valence-corrected chi connectivity index (χ4v) is 2.74. The summed E-state index contributed by atoms with van der Waals surface area (Å²) >= 11 is 0. The molecule has 0 fully saturated rings. The van der Waals surface area contributed by atoms with Gasteiger partial charge in [0.05, 0.1) is 0 Å². The SMILES string of the molecule is O=c1c(=O)c2ccc3c(=O)c(=O)c4ccc1c4c23. The van der Waals surface area contributed by atoms with Crippen LogP contribution in [0, 0.1) is 0 Å². The van der Waals surface area contributed by atoms with Gasteiger partial charge in [0.25, 0.3) is 0 Å². The normalized spacial score (nSPS) is 12.2. The van der Waals surface area contributed by atoms with Crippen LogP contribution in [0.15, 0.2) is 43.4 Å². The molecular weight excluding hydrogens is 232 g/mol. The maximum Gasteiger partial charge on any atom is 0.234 e. The Morgan fingerprint density at radius 1 is 0.444 bits per heavy atom. The molecule has 0 radical (unpaired) electrons. The van der Waals surface area contributed by atoms with Crippen LogP contribution in [0.3, 0.4) is 0 Å². The van der Waals surface area contributed by atoms with Gasteiger partial charge in [-0.3, -0.25) is 19.2 Å². The Balaban J connectivity index is 2.73. The van der Waals surface area contributed by atoms with Gasteiger partial charge < -0.3 is 0 Å². The van der Waals surface area contributed by atoms with Crippen LogP contribution in [-0.4, -0.2) is 0 Å². The number of hydrogen-bond donors (Lipinski definition) is 0. The molecule has 0 amide bonds. The van der Waals surface area contributed by atoms with Crippen molar-refractivity contribution >= 4 is 32.3 Å². The minimum Gasteiger partial charge on any atom is -0.285 e. The summed E-state index contributed by atoms with van der Waals surface area (Å²) in [5.74, 6) is 0. The van der Waals surface area contributed by atoms with Crippen LogP contribution in [0.2, 0.25) is 0 Å². The van der Waals surface area contributed by atoms with Crippen molar-refractivity contribution in [3.05, 3.63) is 65.2 Å². The van der Waals surface area contributed by atoms with Gasteiger partial charge in [0.1, 0.15) is 0 Å². The van der Waals surface area contributed by atoms with Gasteiger partial charge in [-0.1, -0.05) is 0 Å². The van der Waals surface area contributed by atoms with Gasteiger partial charge >= 0.3 is 0 Å². The van der Waals surface area contributed by atoms with Gasteiger partial charge in [-0.15, -0.1) is 0 Å². The largest absolute Gasteiger partial charge is 0.285 e. The van der Waals surface area contributed by atoms with Crippen LogP contribution in [0.5, 0.6) is 0 Å². The predicted molar refractivity (Wildman–Crippen MR) is 68.8 cm³/mol. The fourth-order valence-electron chi connectivity index (χ4n) is 2.74. The lowest BCUT2D eigenvalue weighted by Gasteiger charge is -1.97. The first kappa shape index (κ1) is 9.41. The summed E-state index contributed by atoms with van der Waals surface area (Å²) in [5.41, 5.74) is -2.43. The molecule has 0 aliphatic rings. The third-order valence-electron chi connectivity index (χ3n) is 3.55. The van der Waals surface area contributed by atoms with Gasteiger partial charge in [0.2, 0.25) is 21.7 Å². The van der Waals surface area contributed by atoms with Crippen LogP contribution in [0.1, 0.15) is 0 Å². The summed E-state index contributed by atoms with van der Waals surface area (Å²) in [6, 6.07) is 5.78. The van der Waals surface area contributed by atoms with Crippen LogP contribution in [-0.2, 0) is 0 Å².